The van der Waals surface area contributed by atoms with E-state index in [0.717, 1.165) is 33.8 Å². The van der Waals surface area contributed by atoms with Crippen molar-refractivity contribution >= 4 is 17.2 Å². The van der Waals surface area contributed by atoms with Crippen LogP contribution in [-0.2, 0) is 25.8 Å². The van der Waals surface area contributed by atoms with Gasteiger partial charge in [-0.15, -0.1) is 11.3 Å². The molecule has 0 saturated carbocycles. The largest absolute Gasteiger partial charge is 0.435 e. The first-order chi connectivity index (χ1) is 14.9. The number of rotatable bonds is 3. The predicted molar refractivity (Wildman–Crippen MR) is 104 cm³/mol. The van der Waals surface area contributed by atoms with Gasteiger partial charge in [0, 0.05) is 29.1 Å². The molecule has 3 aromatic rings. The Morgan fingerprint density at radius 2 is 1.84 bits per heavy atom. The van der Waals surface area contributed by atoms with Crippen LogP contribution in [-0.4, -0.2) is 20.7 Å². The van der Waals surface area contributed by atoms with E-state index in [1.54, 1.807) is 6.07 Å². The van der Waals surface area contributed by atoms with Crippen molar-refractivity contribution in [3.63, 3.8) is 0 Å². The molecule has 0 fully saturated rings. The maximum atomic E-state index is 13.0. The molecule has 1 atom stereocenters. The topological polar surface area (TPSA) is 59.8 Å². The Morgan fingerprint density at radius 1 is 1.12 bits per heavy atom. The summed E-state index contributed by atoms with van der Waals surface area (Å²) in [5.41, 5.74) is -1.13. The van der Waals surface area contributed by atoms with Gasteiger partial charge in [0.05, 0.1) is 6.04 Å². The number of aryl methyl sites for hydroxylation is 2. The number of hydrogen-bond acceptors (Lipinski definition) is 4. The second-order valence-electron chi connectivity index (χ2n) is 7.38. The van der Waals surface area contributed by atoms with Gasteiger partial charge in [0.15, 0.2) is 5.69 Å². The van der Waals surface area contributed by atoms with Gasteiger partial charge in [-0.2, -0.15) is 31.4 Å². The lowest BCUT2D eigenvalue weighted by molar-refractivity contribution is -0.142. The number of nitrogens with zero attached hydrogens (tertiary/aromatic N) is 3. The molecule has 1 amide bonds. The number of pyridine rings is 1. The lowest BCUT2D eigenvalue weighted by atomic mass is 9.94. The molecule has 1 aliphatic rings. The molecule has 4 rings (SSSR count). The van der Waals surface area contributed by atoms with Crippen molar-refractivity contribution < 1.29 is 31.1 Å². The molecule has 3 aromatic heterocycles. The molecule has 5 nitrogen and oxygen atoms in total. The minimum atomic E-state index is -4.67. The van der Waals surface area contributed by atoms with E-state index in [9.17, 15) is 31.1 Å². The van der Waals surface area contributed by atoms with Gasteiger partial charge in [0.2, 0.25) is 0 Å². The van der Waals surface area contributed by atoms with Crippen molar-refractivity contribution in [1.29, 1.82) is 0 Å². The molecule has 170 valence electrons. The monoisotopic (exact) mass is 474 g/mol. The van der Waals surface area contributed by atoms with Crippen LogP contribution < -0.4 is 5.32 Å². The van der Waals surface area contributed by atoms with Crippen LogP contribution in [0.3, 0.4) is 0 Å². The number of carbonyl (C=O) groups is 1. The molecule has 0 bridgehead atoms. The highest BCUT2D eigenvalue weighted by atomic mass is 32.1. The van der Waals surface area contributed by atoms with Crippen LogP contribution in [0.1, 0.15) is 51.2 Å². The maximum absolute atomic E-state index is 13.0. The highest BCUT2D eigenvalue weighted by Crippen LogP contribution is 2.41. The molecule has 32 heavy (non-hydrogen) atoms. The van der Waals surface area contributed by atoms with Crippen LogP contribution in [0, 0.1) is 0 Å². The van der Waals surface area contributed by atoms with Gasteiger partial charge >= 0.3 is 12.4 Å². The first-order valence-electron chi connectivity index (χ1n) is 9.52. The molecule has 1 aliphatic carbocycles. The molecule has 0 aliphatic heterocycles. The highest BCUT2D eigenvalue weighted by molar-refractivity contribution is 7.15. The molecule has 0 saturated heterocycles. The van der Waals surface area contributed by atoms with Gasteiger partial charge in [-0.05, 0) is 48.6 Å². The average molecular weight is 474 g/mol. The smallest absolute Gasteiger partial charge is 0.343 e. The van der Waals surface area contributed by atoms with Crippen LogP contribution in [0.25, 0.3) is 10.4 Å². The third kappa shape index (κ3) is 4.36. The summed E-state index contributed by atoms with van der Waals surface area (Å²) < 4.78 is 78.5. The normalized spacial score (nSPS) is 16.7. The summed E-state index contributed by atoms with van der Waals surface area (Å²) in [6.07, 6.45) is -6.17. The van der Waals surface area contributed by atoms with Gasteiger partial charge in [-0.3, -0.25) is 14.5 Å². The maximum Gasteiger partial charge on any atom is 0.435 e. The van der Waals surface area contributed by atoms with Gasteiger partial charge < -0.3 is 5.32 Å². The van der Waals surface area contributed by atoms with E-state index in [2.05, 4.69) is 15.4 Å². The van der Waals surface area contributed by atoms with E-state index in [0.29, 0.717) is 29.3 Å². The SMILES string of the molecule is Cn1nc(C(F)(F)F)cc1C(=O)NC1CCCc2cc(-c3ccnc(C(F)(F)F)c3)sc21. The second-order valence-corrected chi connectivity index (χ2v) is 8.47. The number of fused-ring (bicyclic) bond motifs is 1. The number of thiophene rings is 1. The number of halogens is 6. The van der Waals surface area contributed by atoms with Crippen molar-refractivity contribution in [2.75, 3.05) is 0 Å². The molecule has 0 aromatic carbocycles. The van der Waals surface area contributed by atoms with Crippen molar-refractivity contribution in [2.24, 2.45) is 7.05 Å². The van der Waals surface area contributed by atoms with E-state index in [-0.39, 0.29) is 5.69 Å². The molecular weight excluding hydrogens is 458 g/mol. The number of nitrogens with one attached hydrogen (secondary N) is 1. The molecular formula is C20H16F6N4OS. The van der Waals surface area contributed by atoms with Gasteiger partial charge in [0.25, 0.3) is 5.91 Å². The van der Waals surface area contributed by atoms with Crippen molar-refractivity contribution in [2.45, 2.75) is 37.7 Å². The fourth-order valence-corrected chi connectivity index (χ4v) is 4.92. The molecule has 0 spiro atoms. The fraction of sp³-hybridized carbons (Fsp3) is 0.350. The zero-order valence-electron chi connectivity index (χ0n) is 16.5. The minimum Gasteiger partial charge on any atom is -0.343 e. The molecule has 1 unspecified atom stereocenters. The summed E-state index contributed by atoms with van der Waals surface area (Å²) in [6.45, 7) is 0. The summed E-state index contributed by atoms with van der Waals surface area (Å²) in [5.74, 6) is -0.702. The summed E-state index contributed by atoms with van der Waals surface area (Å²) in [6, 6.07) is 4.47. The summed E-state index contributed by atoms with van der Waals surface area (Å²) in [4.78, 5) is 17.4. The van der Waals surface area contributed by atoms with Crippen molar-refractivity contribution in [1.82, 2.24) is 20.1 Å². The van der Waals surface area contributed by atoms with Crippen LogP contribution in [0.4, 0.5) is 26.3 Å². The van der Waals surface area contributed by atoms with Crippen LogP contribution in [0.15, 0.2) is 30.5 Å². The number of carbonyl (C=O) groups excluding carboxylic acids is 1. The van der Waals surface area contributed by atoms with Crippen LogP contribution >= 0.6 is 11.3 Å². The van der Waals surface area contributed by atoms with E-state index < -0.39 is 35.7 Å². The zero-order valence-corrected chi connectivity index (χ0v) is 17.3. The second kappa shape index (κ2) is 7.91. The third-order valence-corrected chi connectivity index (χ3v) is 6.48. The fourth-order valence-electron chi connectivity index (χ4n) is 3.63. The van der Waals surface area contributed by atoms with E-state index in [1.807, 2.05) is 0 Å². The number of hydrogen-bond donors (Lipinski definition) is 1. The van der Waals surface area contributed by atoms with Gasteiger partial charge in [-0.25, -0.2) is 0 Å². The lowest BCUT2D eigenvalue weighted by Crippen LogP contribution is -2.31. The lowest BCUT2D eigenvalue weighted by Gasteiger charge is -2.23. The third-order valence-electron chi connectivity index (χ3n) is 5.14. The van der Waals surface area contributed by atoms with Crippen LogP contribution in [0.5, 0.6) is 0 Å². The summed E-state index contributed by atoms with van der Waals surface area (Å²) in [7, 11) is 1.25. The number of alkyl halides is 6. The summed E-state index contributed by atoms with van der Waals surface area (Å²) >= 11 is 1.25. The van der Waals surface area contributed by atoms with E-state index in [4.69, 9.17) is 0 Å². The molecule has 0 radical (unpaired) electrons. The Labute approximate surface area is 182 Å². The number of aromatic nitrogens is 3. The Hall–Kier alpha value is -2.89. The number of amides is 1. The highest BCUT2D eigenvalue weighted by Gasteiger charge is 2.36. The first-order valence-corrected chi connectivity index (χ1v) is 10.3. The van der Waals surface area contributed by atoms with Gasteiger partial charge in [0.1, 0.15) is 11.4 Å². The molecule has 12 heteroatoms. The van der Waals surface area contributed by atoms with E-state index in [1.165, 1.54) is 24.5 Å². The Kier molecular flexibility index (Phi) is 5.51. The molecule has 1 N–H and O–H groups in total. The predicted octanol–water partition coefficient (Wildman–Crippen LogP) is 5.39. The van der Waals surface area contributed by atoms with Gasteiger partial charge in [-0.1, -0.05) is 0 Å². The standard InChI is InChI=1S/C20H16F6N4OS/c1-30-13(9-16(29-30)20(24,25)26)18(31)28-12-4-2-3-11-7-14(32-17(11)12)10-5-6-27-15(8-10)19(21,22)23/h5-9,12H,2-4H2,1H3,(H,28,31). The average Bonchev–Trinajstić information content (AvgIpc) is 3.32. The minimum absolute atomic E-state index is 0.231. The Balaban J connectivity index is 1.60. The van der Waals surface area contributed by atoms with E-state index >= 15 is 0 Å². The quantitative estimate of drug-likeness (QED) is 0.518. The zero-order chi connectivity index (χ0) is 23.3. The van der Waals surface area contributed by atoms with Crippen molar-refractivity contribution in [3.8, 4) is 10.4 Å². The summed E-state index contributed by atoms with van der Waals surface area (Å²) in [5, 5.41) is 6.10. The first kappa shape index (κ1) is 22.3. The Bertz CT molecular complexity index is 1160. The van der Waals surface area contributed by atoms with Crippen molar-refractivity contribution in [3.05, 3.63) is 58.0 Å². The Morgan fingerprint density at radius 3 is 2.50 bits per heavy atom. The van der Waals surface area contributed by atoms with Crippen LogP contribution in [0.2, 0.25) is 0 Å². The molecule has 3 heterocycles.